The van der Waals surface area contributed by atoms with Gasteiger partial charge in [0.2, 0.25) is 0 Å². The van der Waals surface area contributed by atoms with E-state index in [1.165, 1.54) is 16.9 Å². The summed E-state index contributed by atoms with van der Waals surface area (Å²) in [6, 6.07) is 12.0. The third-order valence-corrected chi connectivity index (χ3v) is 4.96. The Bertz CT molecular complexity index is 582. The van der Waals surface area contributed by atoms with Crippen LogP contribution in [0.25, 0.3) is 0 Å². The third kappa shape index (κ3) is 4.00. The number of hydrogen-bond acceptors (Lipinski definition) is 3. The Balaban J connectivity index is 2.30. The molecular weight excluding hydrogens is 302 g/mol. The molecule has 4 heteroatoms. The Morgan fingerprint density at radius 1 is 1.19 bits per heavy atom. The zero-order valence-electron chi connectivity index (χ0n) is 12.7. The van der Waals surface area contributed by atoms with Crippen LogP contribution in [0, 0.1) is 0 Å². The van der Waals surface area contributed by atoms with Crippen LogP contribution in [-0.2, 0) is 0 Å². The van der Waals surface area contributed by atoms with Crippen LogP contribution in [-0.4, -0.2) is 6.04 Å². The van der Waals surface area contributed by atoms with Crippen molar-refractivity contribution in [2.75, 3.05) is 0 Å². The van der Waals surface area contributed by atoms with Gasteiger partial charge in [-0.2, -0.15) is 0 Å². The smallest absolute Gasteiger partial charge is 0.148 e. The van der Waals surface area contributed by atoms with Crippen molar-refractivity contribution < 1.29 is 4.74 Å². The van der Waals surface area contributed by atoms with Crippen molar-refractivity contribution in [3.05, 3.63) is 51.2 Å². The molecule has 21 heavy (non-hydrogen) atoms. The maximum atomic E-state index is 6.26. The van der Waals surface area contributed by atoms with Gasteiger partial charge >= 0.3 is 0 Å². The van der Waals surface area contributed by atoms with Gasteiger partial charge in [0.15, 0.2) is 0 Å². The Kier molecular flexibility index (Phi) is 5.68. The van der Waals surface area contributed by atoms with E-state index in [1.807, 2.05) is 31.2 Å². The standard InChI is InChI=1S/C17H22ClNOS/c1-4-11(2)13-7-5-6-8-14(13)20-17(12(3)19)15-9-10-16(18)21-15/h5-12,17H,4,19H2,1-3H3. The zero-order chi connectivity index (χ0) is 15.4. The number of nitrogens with two attached hydrogens (primary N) is 1. The van der Waals surface area contributed by atoms with Gasteiger partial charge in [-0.3, -0.25) is 0 Å². The van der Waals surface area contributed by atoms with E-state index in [4.69, 9.17) is 22.1 Å². The van der Waals surface area contributed by atoms with E-state index >= 15 is 0 Å². The van der Waals surface area contributed by atoms with E-state index in [-0.39, 0.29) is 12.1 Å². The summed E-state index contributed by atoms with van der Waals surface area (Å²) in [5.74, 6) is 1.38. The van der Waals surface area contributed by atoms with Crippen molar-refractivity contribution in [3.63, 3.8) is 0 Å². The molecule has 0 aliphatic carbocycles. The molecule has 1 aromatic carbocycles. The Labute approximate surface area is 135 Å². The van der Waals surface area contributed by atoms with Crippen molar-refractivity contribution in [2.45, 2.75) is 45.3 Å². The van der Waals surface area contributed by atoms with E-state index in [1.54, 1.807) is 0 Å². The minimum absolute atomic E-state index is 0.107. The molecule has 0 amide bonds. The van der Waals surface area contributed by atoms with Crippen molar-refractivity contribution in [2.24, 2.45) is 5.73 Å². The van der Waals surface area contributed by atoms with Crippen LogP contribution >= 0.6 is 22.9 Å². The first-order chi connectivity index (χ1) is 10.0. The second kappa shape index (κ2) is 7.30. The van der Waals surface area contributed by atoms with E-state index < -0.39 is 0 Å². The predicted octanol–water partition coefficient (Wildman–Crippen LogP) is 5.38. The fourth-order valence-electron chi connectivity index (χ4n) is 2.26. The van der Waals surface area contributed by atoms with Gasteiger partial charge in [-0.25, -0.2) is 0 Å². The zero-order valence-corrected chi connectivity index (χ0v) is 14.2. The van der Waals surface area contributed by atoms with Gasteiger partial charge in [0.25, 0.3) is 0 Å². The highest BCUT2D eigenvalue weighted by atomic mass is 35.5. The first-order valence-electron chi connectivity index (χ1n) is 7.29. The summed E-state index contributed by atoms with van der Waals surface area (Å²) in [6.07, 6.45) is 0.904. The van der Waals surface area contributed by atoms with Crippen LogP contribution < -0.4 is 10.5 Å². The highest BCUT2D eigenvalue weighted by Gasteiger charge is 2.22. The summed E-state index contributed by atoms with van der Waals surface area (Å²) in [7, 11) is 0. The van der Waals surface area contributed by atoms with Gasteiger partial charge in [0.1, 0.15) is 11.9 Å². The van der Waals surface area contributed by atoms with Crippen molar-refractivity contribution in [1.82, 2.24) is 0 Å². The first kappa shape index (κ1) is 16.3. The minimum atomic E-state index is -0.173. The average Bonchev–Trinajstić information content (AvgIpc) is 2.90. The molecule has 2 N–H and O–H groups in total. The number of thiophene rings is 1. The molecule has 0 spiro atoms. The molecule has 1 aromatic heterocycles. The number of ether oxygens (including phenoxy) is 1. The molecule has 2 nitrogen and oxygen atoms in total. The molecule has 0 bridgehead atoms. The summed E-state index contributed by atoms with van der Waals surface area (Å²) in [6.45, 7) is 6.36. The quantitative estimate of drug-likeness (QED) is 0.774. The maximum Gasteiger partial charge on any atom is 0.148 e. The number of halogens is 1. The molecule has 1 heterocycles. The molecule has 0 saturated carbocycles. The summed E-state index contributed by atoms with van der Waals surface area (Å²) in [5.41, 5.74) is 7.35. The lowest BCUT2D eigenvalue weighted by Gasteiger charge is -2.24. The summed E-state index contributed by atoms with van der Waals surface area (Å²) < 4.78 is 7.01. The van der Waals surface area contributed by atoms with E-state index in [9.17, 15) is 0 Å². The fraction of sp³-hybridized carbons (Fsp3) is 0.412. The minimum Gasteiger partial charge on any atom is -0.483 e. The number of rotatable bonds is 6. The van der Waals surface area contributed by atoms with Gasteiger partial charge in [0.05, 0.1) is 4.34 Å². The van der Waals surface area contributed by atoms with Gasteiger partial charge in [-0.05, 0) is 43.0 Å². The lowest BCUT2D eigenvalue weighted by atomic mass is 9.97. The van der Waals surface area contributed by atoms with Crippen LogP contribution in [0.5, 0.6) is 5.75 Å². The topological polar surface area (TPSA) is 35.2 Å². The normalized spacial score (nSPS) is 15.5. The van der Waals surface area contributed by atoms with Crippen molar-refractivity contribution in [1.29, 1.82) is 0 Å². The molecule has 2 aromatic rings. The Morgan fingerprint density at radius 3 is 2.48 bits per heavy atom. The van der Waals surface area contributed by atoms with Crippen molar-refractivity contribution in [3.8, 4) is 5.75 Å². The molecule has 3 unspecified atom stereocenters. The molecular formula is C17H22ClNOS. The van der Waals surface area contributed by atoms with Gasteiger partial charge in [0, 0.05) is 10.9 Å². The molecule has 0 saturated heterocycles. The molecule has 3 atom stereocenters. The van der Waals surface area contributed by atoms with E-state index in [0.29, 0.717) is 5.92 Å². The van der Waals surface area contributed by atoms with Gasteiger partial charge in [-0.15, -0.1) is 11.3 Å². The molecule has 114 valence electrons. The fourth-order valence-corrected chi connectivity index (χ4v) is 3.46. The lowest BCUT2D eigenvalue weighted by Crippen LogP contribution is -2.28. The average molecular weight is 324 g/mol. The van der Waals surface area contributed by atoms with Crippen LogP contribution in [0.15, 0.2) is 36.4 Å². The Morgan fingerprint density at radius 2 is 1.90 bits per heavy atom. The second-order valence-electron chi connectivity index (χ2n) is 5.39. The Hall–Kier alpha value is -1.03. The summed E-state index contributed by atoms with van der Waals surface area (Å²) in [5, 5.41) is 0. The molecule has 0 fully saturated rings. The van der Waals surface area contributed by atoms with Crippen LogP contribution in [0.4, 0.5) is 0 Å². The van der Waals surface area contributed by atoms with E-state index in [2.05, 4.69) is 26.0 Å². The third-order valence-electron chi connectivity index (χ3n) is 3.67. The molecule has 2 rings (SSSR count). The highest BCUT2D eigenvalue weighted by molar-refractivity contribution is 7.16. The van der Waals surface area contributed by atoms with Crippen molar-refractivity contribution >= 4 is 22.9 Å². The largest absolute Gasteiger partial charge is 0.483 e. The van der Waals surface area contributed by atoms with Gasteiger partial charge in [-0.1, -0.05) is 43.6 Å². The van der Waals surface area contributed by atoms with Gasteiger partial charge < -0.3 is 10.5 Å². The molecule has 0 radical (unpaired) electrons. The molecule has 0 aliphatic heterocycles. The monoisotopic (exact) mass is 323 g/mol. The predicted molar refractivity (Wildman–Crippen MR) is 91.5 cm³/mol. The van der Waals surface area contributed by atoms with Crippen LogP contribution in [0.1, 0.15) is 49.7 Å². The van der Waals surface area contributed by atoms with E-state index in [0.717, 1.165) is 21.4 Å². The number of hydrogen-bond donors (Lipinski definition) is 1. The maximum absolute atomic E-state index is 6.26. The number of benzene rings is 1. The molecule has 0 aliphatic rings. The van der Waals surface area contributed by atoms with Crippen LogP contribution in [0.2, 0.25) is 4.34 Å². The van der Waals surface area contributed by atoms with Crippen LogP contribution in [0.3, 0.4) is 0 Å². The SMILES string of the molecule is CCC(C)c1ccccc1OC(c1ccc(Cl)s1)C(C)N. The summed E-state index contributed by atoms with van der Waals surface area (Å²) in [4.78, 5) is 1.06. The summed E-state index contributed by atoms with van der Waals surface area (Å²) >= 11 is 7.56. The first-order valence-corrected chi connectivity index (χ1v) is 8.48. The second-order valence-corrected chi connectivity index (χ2v) is 7.13. The number of para-hydroxylation sites is 1. The highest BCUT2D eigenvalue weighted by Crippen LogP contribution is 2.35. The lowest BCUT2D eigenvalue weighted by molar-refractivity contribution is 0.181.